The molecule has 0 aromatic heterocycles. The van der Waals surface area contributed by atoms with Gasteiger partial charge >= 0.3 is 0 Å². The summed E-state index contributed by atoms with van der Waals surface area (Å²) in [6.45, 7) is 0. The maximum atomic E-state index is 10.7. The molecule has 0 heterocycles. The Morgan fingerprint density at radius 3 is 2.31 bits per heavy atom. The summed E-state index contributed by atoms with van der Waals surface area (Å²) in [7, 11) is 0. The highest BCUT2D eigenvalue weighted by atomic mass is 35.5. The van der Waals surface area contributed by atoms with Gasteiger partial charge in [0.25, 0.3) is 0 Å². The first-order valence-corrected chi connectivity index (χ1v) is 4.07. The van der Waals surface area contributed by atoms with Crippen molar-refractivity contribution in [3.63, 3.8) is 0 Å². The summed E-state index contributed by atoms with van der Waals surface area (Å²) in [6, 6.07) is 6.37. The topological polar surface area (TPSA) is 60.2 Å². The number of nitrogens with two attached hydrogens (primary N) is 1. The van der Waals surface area contributed by atoms with E-state index in [1.54, 1.807) is 24.3 Å². The van der Waals surface area contributed by atoms with Gasteiger partial charge in [-0.2, -0.15) is 0 Å². The number of amides is 1. The number of benzene rings is 1. The Hall–Kier alpha value is -1.35. The van der Waals surface area contributed by atoms with Gasteiger partial charge in [-0.15, -0.1) is 11.6 Å². The molecule has 13 heavy (non-hydrogen) atoms. The van der Waals surface area contributed by atoms with Gasteiger partial charge in [-0.05, 0) is 5.56 Å². The maximum Gasteiger partial charge on any atom is 0.240 e. The molecule has 0 fully saturated rings. The number of carbonyl (C=O) groups is 2. The van der Waals surface area contributed by atoms with E-state index in [9.17, 15) is 9.59 Å². The van der Waals surface area contributed by atoms with E-state index in [0.29, 0.717) is 11.1 Å². The van der Waals surface area contributed by atoms with Gasteiger partial charge in [0.2, 0.25) is 5.91 Å². The largest absolute Gasteiger partial charge is 0.368 e. The van der Waals surface area contributed by atoms with Gasteiger partial charge in [0.15, 0.2) is 0 Å². The SMILES string of the molecule is NC(=O)C(Cl)c1ccc(C=O)cc1. The molecule has 3 nitrogen and oxygen atoms in total. The van der Waals surface area contributed by atoms with Crippen LogP contribution in [0.25, 0.3) is 0 Å². The van der Waals surface area contributed by atoms with Crippen LogP contribution in [0.3, 0.4) is 0 Å². The monoisotopic (exact) mass is 197 g/mol. The molecule has 1 atom stereocenters. The minimum absolute atomic E-state index is 0.539. The predicted molar refractivity (Wildman–Crippen MR) is 49.6 cm³/mol. The molecule has 1 rings (SSSR count). The Balaban J connectivity index is 2.91. The highest BCUT2D eigenvalue weighted by molar-refractivity contribution is 6.30. The molecule has 68 valence electrons. The first-order chi connectivity index (χ1) is 6.15. The molecule has 0 spiro atoms. The highest BCUT2D eigenvalue weighted by Gasteiger charge is 2.13. The Morgan fingerprint density at radius 2 is 1.92 bits per heavy atom. The van der Waals surface area contributed by atoms with Crippen LogP contribution in [0, 0.1) is 0 Å². The molecular formula is C9H8ClNO2. The average Bonchev–Trinajstić information content (AvgIpc) is 2.17. The number of primary amides is 1. The molecule has 0 aliphatic rings. The van der Waals surface area contributed by atoms with E-state index in [1.165, 1.54) is 0 Å². The van der Waals surface area contributed by atoms with E-state index >= 15 is 0 Å². The van der Waals surface area contributed by atoms with E-state index in [1.807, 2.05) is 0 Å². The predicted octanol–water partition coefficient (Wildman–Crippen LogP) is 1.26. The van der Waals surface area contributed by atoms with Gasteiger partial charge < -0.3 is 5.73 Å². The fraction of sp³-hybridized carbons (Fsp3) is 0.111. The number of hydrogen-bond donors (Lipinski definition) is 1. The molecule has 1 aromatic carbocycles. The van der Waals surface area contributed by atoms with E-state index < -0.39 is 11.3 Å². The molecule has 0 saturated heterocycles. The first-order valence-electron chi connectivity index (χ1n) is 3.63. The fourth-order valence-electron chi connectivity index (χ4n) is 0.908. The van der Waals surface area contributed by atoms with Crippen molar-refractivity contribution in [3.8, 4) is 0 Å². The van der Waals surface area contributed by atoms with Crippen molar-refractivity contribution in [2.45, 2.75) is 5.38 Å². The standard InChI is InChI=1S/C9H8ClNO2/c10-8(9(11)13)7-3-1-6(5-12)2-4-7/h1-5,8H,(H2,11,13). The third-order valence-corrected chi connectivity index (χ3v) is 2.08. The lowest BCUT2D eigenvalue weighted by Crippen LogP contribution is -2.16. The van der Waals surface area contributed by atoms with Crippen molar-refractivity contribution in [1.29, 1.82) is 0 Å². The van der Waals surface area contributed by atoms with Crippen molar-refractivity contribution in [1.82, 2.24) is 0 Å². The Kier molecular flexibility index (Phi) is 3.03. The Labute approximate surface area is 80.5 Å². The summed E-state index contributed by atoms with van der Waals surface area (Å²) in [6.07, 6.45) is 0.720. The summed E-state index contributed by atoms with van der Waals surface area (Å²) in [4.78, 5) is 21.0. The van der Waals surface area contributed by atoms with E-state index in [-0.39, 0.29) is 0 Å². The van der Waals surface area contributed by atoms with Crippen LogP contribution in [-0.2, 0) is 4.79 Å². The van der Waals surface area contributed by atoms with Crippen LogP contribution in [0.15, 0.2) is 24.3 Å². The second-order valence-corrected chi connectivity index (χ2v) is 2.99. The smallest absolute Gasteiger partial charge is 0.240 e. The summed E-state index contributed by atoms with van der Waals surface area (Å²) in [5.74, 6) is -0.597. The van der Waals surface area contributed by atoms with Gasteiger partial charge in [0.05, 0.1) is 0 Å². The summed E-state index contributed by atoms with van der Waals surface area (Å²) in [5, 5.41) is -0.833. The number of halogens is 1. The molecule has 1 aromatic rings. The zero-order valence-corrected chi connectivity index (χ0v) is 7.49. The minimum atomic E-state index is -0.833. The van der Waals surface area contributed by atoms with Crippen molar-refractivity contribution >= 4 is 23.8 Å². The zero-order valence-electron chi connectivity index (χ0n) is 6.74. The lowest BCUT2D eigenvalue weighted by atomic mass is 10.1. The van der Waals surface area contributed by atoms with Crippen LogP contribution in [0.2, 0.25) is 0 Å². The number of alkyl halides is 1. The summed E-state index contributed by atoms with van der Waals surface area (Å²) in [5.41, 5.74) is 6.13. The van der Waals surface area contributed by atoms with Crippen LogP contribution in [0.1, 0.15) is 21.3 Å². The molecule has 0 bridgehead atoms. The maximum absolute atomic E-state index is 10.7. The summed E-state index contributed by atoms with van der Waals surface area (Å²) >= 11 is 5.67. The van der Waals surface area contributed by atoms with Gasteiger partial charge in [0.1, 0.15) is 11.7 Å². The zero-order chi connectivity index (χ0) is 9.84. The van der Waals surface area contributed by atoms with Crippen molar-refractivity contribution in [3.05, 3.63) is 35.4 Å². The molecular weight excluding hydrogens is 190 g/mol. The minimum Gasteiger partial charge on any atom is -0.368 e. The summed E-state index contributed by atoms with van der Waals surface area (Å²) < 4.78 is 0. The molecule has 1 unspecified atom stereocenters. The normalized spacial score (nSPS) is 12.1. The van der Waals surface area contributed by atoms with E-state index in [2.05, 4.69) is 0 Å². The van der Waals surface area contributed by atoms with Gasteiger partial charge in [-0.3, -0.25) is 9.59 Å². The van der Waals surface area contributed by atoms with Crippen molar-refractivity contribution in [2.75, 3.05) is 0 Å². The van der Waals surface area contributed by atoms with Crippen LogP contribution >= 0.6 is 11.6 Å². The number of carbonyl (C=O) groups excluding carboxylic acids is 2. The lowest BCUT2D eigenvalue weighted by molar-refractivity contribution is -0.117. The Morgan fingerprint density at radius 1 is 1.38 bits per heavy atom. The lowest BCUT2D eigenvalue weighted by Gasteiger charge is -2.04. The van der Waals surface area contributed by atoms with Gasteiger partial charge in [-0.25, -0.2) is 0 Å². The third kappa shape index (κ3) is 2.29. The Bertz CT molecular complexity index is 321. The number of aldehydes is 1. The molecule has 2 N–H and O–H groups in total. The molecule has 1 amide bonds. The van der Waals surface area contributed by atoms with Gasteiger partial charge in [0, 0.05) is 5.56 Å². The molecule has 0 aliphatic heterocycles. The molecule has 0 saturated carbocycles. The quantitative estimate of drug-likeness (QED) is 0.586. The average molecular weight is 198 g/mol. The van der Waals surface area contributed by atoms with Gasteiger partial charge in [-0.1, -0.05) is 24.3 Å². The molecule has 0 aliphatic carbocycles. The second kappa shape index (κ2) is 4.05. The van der Waals surface area contributed by atoms with Crippen molar-refractivity contribution in [2.24, 2.45) is 5.73 Å². The molecule has 4 heteroatoms. The molecule has 0 radical (unpaired) electrons. The van der Waals surface area contributed by atoms with Crippen LogP contribution in [0.5, 0.6) is 0 Å². The second-order valence-electron chi connectivity index (χ2n) is 2.55. The van der Waals surface area contributed by atoms with Crippen LogP contribution < -0.4 is 5.73 Å². The number of rotatable bonds is 3. The third-order valence-electron chi connectivity index (χ3n) is 1.62. The number of hydrogen-bond acceptors (Lipinski definition) is 2. The van der Waals surface area contributed by atoms with E-state index in [4.69, 9.17) is 17.3 Å². The fourth-order valence-corrected chi connectivity index (χ4v) is 1.05. The highest BCUT2D eigenvalue weighted by Crippen LogP contribution is 2.19. The van der Waals surface area contributed by atoms with Crippen molar-refractivity contribution < 1.29 is 9.59 Å². The van der Waals surface area contributed by atoms with Crippen LogP contribution in [0.4, 0.5) is 0 Å². The first kappa shape index (κ1) is 9.74. The van der Waals surface area contributed by atoms with Crippen LogP contribution in [-0.4, -0.2) is 12.2 Å². The van der Waals surface area contributed by atoms with E-state index in [0.717, 1.165) is 6.29 Å².